The highest BCUT2D eigenvalue weighted by Gasteiger charge is 2.01. The van der Waals surface area contributed by atoms with Crippen molar-refractivity contribution in [1.29, 1.82) is 0 Å². The number of nitrogens with one attached hydrogen (secondary N) is 2. The molecule has 0 heterocycles. The average molecular weight is 267 g/mol. The van der Waals surface area contributed by atoms with Crippen molar-refractivity contribution in [3.63, 3.8) is 0 Å². The van der Waals surface area contributed by atoms with Gasteiger partial charge >= 0.3 is 0 Å². The van der Waals surface area contributed by atoms with Crippen LogP contribution in [0.2, 0.25) is 0 Å². The van der Waals surface area contributed by atoms with Crippen molar-refractivity contribution >= 4 is 5.91 Å². The number of rotatable bonds is 9. The smallest absolute Gasteiger partial charge is 0.246 e. The maximum absolute atomic E-state index is 11.6. The molecule has 0 spiro atoms. The van der Waals surface area contributed by atoms with Crippen LogP contribution in [0.1, 0.15) is 13.8 Å². The van der Waals surface area contributed by atoms with Crippen LogP contribution in [-0.2, 0) is 9.53 Å². The van der Waals surface area contributed by atoms with Gasteiger partial charge in [-0.1, -0.05) is 17.3 Å². The van der Waals surface area contributed by atoms with Gasteiger partial charge in [-0.3, -0.25) is 4.79 Å². The number of likely N-dealkylation sites (N-methyl/N-ethyl adjacent to an activating group) is 1. The van der Waals surface area contributed by atoms with E-state index in [1.54, 1.807) is 26.0 Å². The molecule has 0 fully saturated rings. The molecule has 7 heteroatoms. The van der Waals surface area contributed by atoms with Crippen molar-refractivity contribution in [3.05, 3.63) is 33.9 Å². The van der Waals surface area contributed by atoms with Crippen molar-refractivity contribution in [1.82, 2.24) is 10.6 Å². The first-order chi connectivity index (χ1) is 9.11. The standard InChI is InChI=1S/C12H21N5O2/c1-10(4-5-11(2)16-17-13)12(18)15-7-9-19-8-6-14-3/h4-5,14H,6-9H2,1-3H3,(H,15,18)/b10-4+,11-5+. The number of ether oxygens (including phenoxy) is 1. The Morgan fingerprint density at radius 2 is 2.00 bits per heavy atom. The lowest BCUT2D eigenvalue weighted by Crippen LogP contribution is -2.28. The lowest BCUT2D eigenvalue weighted by Gasteiger charge is -2.06. The van der Waals surface area contributed by atoms with Crippen LogP contribution in [0.5, 0.6) is 0 Å². The van der Waals surface area contributed by atoms with Crippen molar-refractivity contribution in [3.8, 4) is 0 Å². The Morgan fingerprint density at radius 3 is 2.63 bits per heavy atom. The molecule has 0 unspecified atom stereocenters. The summed E-state index contributed by atoms with van der Waals surface area (Å²) in [7, 11) is 1.85. The second-order valence-electron chi connectivity index (χ2n) is 3.82. The van der Waals surface area contributed by atoms with Crippen LogP contribution in [0, 0.1) is 0 Å². The molecule has 0 aromatic heterocycles. The summed E-state index contributed by atoms with van der Waals surface area (Å²) in [6.07, 6.45) is 3.21. The van der Waals surface area contributed by atoms with E-state index in [9.17, 15) is 4.79 Å². The first kappa shape index (κ1) is 17.2. The van der Waals surface area contributed by atoms with Gasteiger partial charge in [0.1, 0.15) is 0 Å². The van der Waals surface area contributed by atoms with Gasteiger partial charge in [0.05, 0.1) is 13.2 Å². The van der Waals surface area contributed by atoms with Crippen LogP contribution in [0.3, 0.4) is 0 Å². The molecule has 0 aliphatic rings. The Bertz CT molecular complexity index is 384. The SMILES string of the molecule is CNCCOCCNC(=O)/C(C)=C/C=C(\C)N=[N+]=[N-]. The molecule has 0 rings (SSSR count). The number of hydrogen-bond donors (Lipinski definition) is 2. The highest BCUT2D eigenvalue weighted by atomic mass is 16.5. The summed E-state index contributed by atoms with van der Waals surface area (Å²) in [5.41, 5.74) is 9.26. The van der Waals surface area contributed by atoms with Gasteiger partial charge in [-0.25, -0.2) is 0 Å². The van der Waals surface area contributed by atoms with E-state index < -0.39 is 0 Å². The van der Waals surface area contributed by atoms with E-state index in [1.165, 1.54) is 0 Å². The average Bonchev–Trinajstić information content (AvgIpc) is 2.40. The molecule has 0 radical (unpaired) electrons. The Hall–Kier alpha value is -1.82. The van der Waals surface area contributed by atoms with Gasteiger partial charge in [0, 0.05) is 29.3 Å². The van der Waals surface area contributed by atoms with E-state index in [4.69, 9.17) is 10.3 Å². The van der Waals surface area contributed by atoms with E-state index in [1.807, 2.05) is 7.05 Å². The molecule has 0 saturated carbocycles. The molecular weight excluding hydrogens is 246 g/mol. The van der Waals surface area contributed by atoms with Crippen LogP contribution < -0.4 is 10.6 Å². The lowest BCUT2D eigenvalue weighted by atomic mass is 10.2. The van der Waals surface area contributed by atoms with Gasteiger partial charge in [0.2, 0.25) is 5.91 Å². The third-order valence-corrected chi connectivity index (χ3v) is 2.16. The number of allylic oxidation sites excluding steroid dienone is 3. The first-order valence-corrected chi connectivity index (χ1v) is 6.02. The van der Waals surface area contributed by atoms with Crippen LogP contribution in [-0.4, -0.2) is 39.3 Å². The van der Waals surface area contributed by atoms with Gasteiger partial charge in [-0.05, 0) is 26.4 Å². The minimum atomic E-state index is -0.165. The highest BCUT2D eigenvalue weighted by molar-refractivity contribution is 5.93. The van der Waals surface area contributed by atoms with Gasteiger partial charge in [0.15, 0.2) is 0 Å². The van der Waals surface area contributed by atoms with Crippen molar-refractivity contribution in [2.24, 2.45) is 5.11 Å². The van der Waals surface area contributed by atoms with Crippen molar-refractivity contribution < 1.29 is 9.53 Å². The molecular formula is C12H21N5O2. The van der Waals surface area contributed by atoms with E-state index in [2.05, 4.69) is 20.7 Å². The molecule has 0 aliphatic heterocycles. The van der Waals surface area contributed by atoms with Crippen molar-refractivity contribution in [2.75, 3.05) is 33.4 Å². The predicted molar refractivity (Wildman–Crippen MR) is 74.4 cm³/mol. The molecule has 2 N–H and O–H groups in total. The largest absolute Gasteiger partial charge is 0.378 e. The fraction of sp³-hybridized carbons (Fsp3) is 0.583. The van der Waals surface area contributed by atoms with Crippen molar-refractivity contribution in [2.45, 2.75) is 13.8 Å². The molecule has 0 atom stereocenters. The number of amides is 1. The summed E-state index contributed by atoms with van der Waals surface area (Å²) in [5.74, 6) is -0.165. The molecule has 1 amide bonds. The Kier molecular flexibility index (Phi) is 10.2. The number of carbonyl (C=O) groups is 1. The predicted octanol–water partition coefficient (Wildman–Crippen LogP) is 1.50. The van der Waals surface area contributed by atoms with E-state index >= 15 is 0 Å². The zero-order valence-corrected chi connectivity index (χ0v) is 11.6. The zero-order valence-electron chi connectivity index (χ0n) is 11.6. The second-order valence-corrected chi connectivity index (χ2v) is 3.82. The highest BCUT2D eigenvalue weighted by Crippen LogP contribution is 1.99. The van der Waals surface area contributed by atoms with Crippen LogP contribution in [0.25, 0.3) is 10.4 Å². The third-order valence-electron chi connectivity index (χ3n) is 2.16. The molecule has 0 saturated heterocycles. The van der Waals surface area contributed by atoms with E-state index in [-0.39, 0.29) is 5.91 Å². The molecule has 7 nitrogen and oxygen atoms in total. The van der Waals surface area contributed by atoms with E-state index in [0.29, 0.717) is 31.0 Å². The molecule has 0 bridgehead atoms. The third kappa shape index (κ3) is 9.84. The summed E-state index contributed by atoms with van der Waals surface area (Å²) >= 11 is 0. The Labute approximate surface area is 113 Å². The summed E-state index contributed by atoms with van der Waals surface area (Å²) in [4.78, 5) is 14.3. The topological polar surface area (TPSA) is 99.1 Å². The number of hydrogen-bond acceptors (Lipinski definition) is 4. The number of azide groups is 1. The molecule has 106 valence electrons. The minimum absolute atomic E-state index is 0.165. The fourth-order valence-corrected chi connectivity index (χ4v) is 1.08. The normalized spacial score (nSPS) is 11.9. The Morgan fingerprint density at radius 1 is 1.32 bits per heavy atom. The van der Waals surface area contributed by atoms with Crippen LogP contribution in [0.15, 0.2) is 28.5 Å². The number of nitrogens with zero attached hydrogens (tertiary/aromatic N) is 3. The second kappa shape index (κ2) is 11.3. The van der Waals surface area contributed by atoms with Gasteiger partial charge in [0.25, 0.3) is 0 Å². The quantitative estimate of drug-likeness (QED) is 0.165. The summed E-state index contributed by atoms with van der Waals surface area (Å²) < 4.78 is 5.27. The maximum atomic E-state index is 11.6. The summed E-state index contributed by atoms with van der Waals surface area (Å²) in [6.45, 7) is 5.71. The fourth-order valence-electron chi connectivity index (χ4n) is 1.08. The van der Waals surface area contributed by atoms with Gasteiger partial charge in [-0.15, -0.1) is 0 Å². The van der Waals surface area contributed by atoms with Gasteiger partial charge in [-0.2, -0.15) is 0 Å². The molecule has 0 aromatic rings. The van der Waals surface area contributed by atoms with Crippen LogP contribution in [0.4, 0.5) is 0 Å². The lowest BCUT2D eigenvalue weighted by molar-refractivity contribution is -0.117. The summed E-state index contributed by atoms with van der Waals surface area (Å²) in [5, 5.41) is 9.09. The number of carbonyl (C=O) groups excluding carboxylic acids is 1. The minimum Gasteiger partial charge on any atom is -0.378 e. The zero-order chi connectivity index (χ0) is 14.5. The Balaban J connectivity index is 3.97. The molecule has 0 aliphatic carbocycles. The molecule has 19 heavy (non-hydrogen) atoms. The maximum Gasteiger partial charge on any atom is 0.246 e. The first-order valence-electron chi connectivity index (χ1n) is 6.02. The van der Waals surface area contributed by atoms with Crippen LogP contribution >= 0.6 is 0 Å². The monoisotopic (exact) mass is 267 g/mol. The van der Waals surface area contributed by atoms with E-state index in [0.717, 1.165) is 6.54 Å². The summed E-state index contributed by atoms with van der Waals surface area (Å²) in [6, 6.07) is 0. The molecule has 0 aromatic carbocycles. The van der Waals surface area contributed by atoms with Gasteiger partial charge < -0.3 is 15.4 Å².